The Morgan fingerprint density at radius 2 is 2.29 bits per heavy atom. The van der Waals surface area contributed by atoms with Crippen LogP contribution in [0.4, 0.5) is 0 Å². The Kier molecular flexibility index (Phi) is 3.66. The number of nitrogens with zero attached hydrogens (tertiary/aromatic N) is 1. The number of hydrogen-bond acceptors (Lipinski definition) is 4. The molecule has 0 amide bonds. The Morgan fingerprint density at radius 1 is 1.64 bits per heavy atom. The van der Waals surface area contributed by atoms with Gasteiger partial charge in [-0.15, -0.1) is 11.3 Å². The van der Waals surface area contributed by atoms with Crippen molar-refractivity contribution >= 4 is 33.2 Å². The number of thiazole rings is 1. The molecule has 0 bridgehead atoms. The topological polar surface area (TPSA) is 39.2 Å². The maximum absolute atomic E-state index is 11.4. The average Bonchev–Trinajstić information content (AvgIpc) is 2.30. The molecule has 1 aromatic rings. The van der Waals surface area contributed by atoms with Crippen molar-refractivity contribution in [2.45, 2.75) is 32.8 Å². The first-order chi connectivity index (χ1) is 6.37. The molecule has 0 saturated heterocycles. The zero-order valence-corrected chi connectivity index (χ0v) is 10.7. The molecule has 1 heterocycles. The van der Waals surface area contributed by atoms with Gasteiger partial charge < -0.3 is 4.74 Å². The van der Waals surface area contributed by atoms with E-state index in [1.54, 1.807) is 6.20 Å². The standard InChI is InChI=1S/C9H12BrNO2S/c1-9(2,3)13-8(12)4-7-11-5-6(10)14-7/h5H,4H2,1-3H3. The van der Waals surface area contributed by atoms with Crippen LogP contribution in [0.1, 0.15) is 25.8 Å². The molecule has 0 N–H and O–H groups in total. The van der Waals surface area contributed by atoms with E-state index in [0.29, 0.717) is 0 Å². The Labute approximate surface area is 95.6 Å². The van der Waals surface area contributed by atoms with Crippen molar-refractivity contribution in [3.63, 3.8) is 0 Å². The lowest BCUT2D eigenvalue weighted by molar-refractivity contribution is -0.153. The van der Waals surface area contributed by atoms with Gasteiger partial charge in [-0.1, -0.05) is 0 Å². The van der Waals surface area contributed by atoms with Gasteiger partial charge >= 0.3 is 5.97 Å². The predicted octanol–water partition coefficient (Wildman–Crippen LogP) is 2.79. The highest BCUT2D eigenvalue weighted by atomic mass is 79.9. The number of esters is 1. The highest BCUT2D eigenvalue weighted by Gasteiger charge is 2.17. The van der Waals surface area contributed by atoms with Gasteiger partial charge in [0.1, 0.15) is 10.6 Å². The highest BCUT2D eigenvalue weighted by Crippen LogP contribution is 2.20. The summed E-state index contributed by atoms with van der Waals surface area (Å²) in [5, 5.41) is 0.770. The second kappa shape index (κ2) is 4.40. The summed E-state index contributed by atoms with van der Waals surface area (Å²) in [4.78, 5) is 15.4. The van der Waals surface area contributed by atoms with Gasteiger partial charge in [-0.25, -0.2) is 4.98 Å². The van der Waals surface area contributed by atoms with E-state index in [0.717, 1.165) is 8.79 Å². The van der Waals surface area contributed by atoms with Crippen molar-refractivity contribution in [2.75, 3.05) is 0 Å². The van der Waals surface area contributed by atoms with Crippen LogP contribution in [-0.4, -0.2) is 16.6 Å². The van der Waals surface area contributed by atoms with E-state index in [1.165, 1.54) is 11.3 Å². The molecule has 0 unspecified atom stereocenters. The minimum atomic E-state index is -0.425. The number of rotatable bonds is 2. The number of hydrogen-bond donors (Lipinski definition) is 0. The Morgan fingerprint density at radius 3 is 2.71 bits per heavy atom. The largest absolute Gasteiger partial charge is 0.460 e. The second-order valence-corrected chi connectivity index (χ2v) is 6.32. The zero-order chi connectivity index (χ0) is 10.8. The van der Waals surface area contributed by atoms with E-state index in [4.69, 9.17) is 4.74 Å². The summed E-state index contributed by atoms with van der Waals surface area (Å²) in [7, 11) is 0. The quantitative estimate of drug-likeness (QED) is 0.781. The predicted molar refractivity (Wildman–Crippen MR) is 59.4 cm³/mol. The van der Waals surface area contributed by atoms with Crippen LogP contribution < -0.4 is 0 Å². The van der Waals surface area contributed by atoms with Crippen molar-refractivity contribution in [1.29, 1.82) is 0 Å². The van der Waals surface area contributed by atoms with Crippen molar-refractivity contribution in [3.05, 3.63) is 15.0 Å². The first-order valence-electron chi connectivity index (χ1n) is 4.19. The molecule has 3 nitrogen and oxygen atoms in total. The van der Waals surface area contributed by atoms with Crippen LogP contribution in [0, 0.1) is 0 Å². The SMILES string of the molecule is CC(C)(C)OC(=O)Cc1ncc(Br)s1. The third kappa shape index (κ3) is 4.19. The lowest BCUT2D eigenvalue weighted by Crippen LogP contribution is -2.24. The summed E-state index contributed by atoms with van der Waals surface area (Å²) in [6.07, 6.45) is 1.93. The fourth-order valence-electron chi connectivity index (χ4n) is 0.871. The zero-order valence-electron chi connectivity index (χ0n) is 8.33. The summed E-state index contributed by atoms with van der Waals surface area (Å²) in [5.74, 6) is -0.237. The van der Waals surface area contributed by atoms with Gasteiger partial charge in [0.25, 0.3) is 0 Å². The Hall–Kier alpha value is -0.420. The van der Waals surface area contributed by atoms with E-state index < -0.39 is 5.60 Å². The maximum Gasteiger partial charge on any atom is 0.313 e. The van der Waals surface area contributed by atoms with Gasteiger partial charge in [-0.3, -0.25) is 4.79 Å². The van der Waals surface area contributed by atoms with Gasteiger partial charge in [0.15, 0.2) is 0 Å². The monoisotopic (exact) mass is 277 g/mol. The molecular weight excluding hydrogens is 266 g/mol. The van der Waals surface area contributed by atoms with Crippen molar-refractivity contribution in [3.8, 4) is 0 Å². The number of ether oxygens (including phenoxy) is 1. The van der Waals surface area contributed by atoms with Crippen LogP contribution in [0.2, 0.25) is 0 Å². The summed E-state index contributed by atoms with van der Waals surface area (Å²) in [6, 6.07) is 0. The molecule has 0 radical (unpaired) electrons. The minimum absolute atomic E-state index is 0.237. The van der Waals surface area contributed by atoms with Gasteiger partial charge in [0, 0.05) is 0 Å². The molecule has 78 valence electrons. The highest BCUT2D eigenvalue weighted by molar-refractivity contribution is 9.11. The number of carbonyl (C=O) groups excluding carboxylic acids is 1. The van der Waals surface area contributed by atoms with Crippen LogP contribution in [0.5, 0.6) is 0 Å². The van der Waals surface area contributed by atoms with Crippen molar-refractivity contribution in [1.82, 2.24) is 4.98 Å². The number of halogens is 1. The van der Waals surface area contributed by atoms with Crippen molar-refractivity contribution < 1.29 is 9.53 Å². The van der Waals surface area contributed by atoms with E-state index >= 15 is 0 Å². The summed E-state index contributed by atoms with van der Waals surface area (Å²) < 4.78 is 6.09. The molecule has 1 rings (SSSR count). The molecular formula is C9H12BrNO2S. The van der Waals surface area contributed by atoms with Gasteiger partial charge in [0.05, 0.1) is 16.4 Å². The molecule has 14 heavy (non-hydrogen) atoms. The molecule has 0 aliphatic carbocycles. The lowest BCUT2D eigenvalue weighted by Gasteiger charge is -2.18. The van der Waals surface area contributed by atoms with Crippen LogP contribution in [0.3, 0.4) is 0 Å². The fraction of sp³-hybridized carbons (Fsp3) is 0.556. The van der Waals surface area contributed by atoms with Crippen LogP contribution in [0.15, 0.2) is 9.98 Å². The smallest absolute Gasteiger partial charge is 0.313 e. The maximum atomic E-state index is 11.4. The molecule has 0 aromatic carbocycles. The molecule has 0 spiro atoms. The van der Waals surface area contributed by atoms with E-state index in [9.17, 15) is 4.79 Å². The van der Waals surface area contributed by atoms with E-state index in [1.807, 2.05) is 20.8 Å². The van der Waals surface area contributed by atoms with Crippen molar-refractivity contribution in [2.24, 2.45) is 0 Å². The Bertz CT molecular complexity index is 330. The summed E-state index contributed by atoms with van der Waals surface area (Å²) in [6.45, 7) is 5.55. The fourth-order valence-corrected chi connectivity index (χ4v) is 2.16. The summed E-state index contributed by atoms with van der Waals surface area (Å²) in [5.41, 5.74) is -0.425. The molecule has 0 aliphatic heterocycles. The molecule has 5 heteroatoms. The Balaban J connectivity index is 2.50. The average molecular weight is 278 g/mol. The first-order valence-corrected chi connectivity index (χ1v) is 5.80. The third-order valence-corrected chi connectivity index (χ3v) is 2.72. The van der Waals surface area contributed by atoms with Crippen LogP contribution >= 0.6 is 27.3 Å². The second-order valence-electron chi connectivity index (χ2n) is 3.82. The summed E-state index contributed by atoms with van der Waals surface area (Å²) >= 11 is 4.73. The van der Waals surface area contributed by atoms with Gasteiger partial charge in [-0.05, 0) is 36.7 Å². The molecule has 0 aliphatic rings. The molecule has 0 fully saturated rings. The van der Waals surface area contributed by atoms with Gasteiger partial charge in [0.2, 0.25) is 0 Å². The van der Waals surface area contributed by atoms with E-state index in [2.05, 4.69) is 20.9 Å². The minimum Gasteiger partial charge on any atom is -0.460 e. The first kappa shape index (κ1) is 11.7. The molecule has 0 atom stereocenters. The number of carbonyl (C=O) groups is 1. The lowest BCUT2D eigenvalue weighted by atomic mass is 10.2. The number of aromatic nitrogens is 1. The van der Waals surface area contributed by atoms with Gasteiger partial charge in [-0.2, -0.15) is 0 Å². The molecule has 0 saturated carbocycles. The third-order valence-electron chi connectivity index (χ3n) is 1.24. The van der Waals surface area contributed by atoms with E-state index in [-0.39, 0.29) is 12.4 Å². The normalized spacial score (nSPS) is 11.4. The van der Waals surface area contributed by atoms with Crippen LogP contribution in [0.25, 0.3) is 0 Å². The molecule has 1 aromatic heterocycles. The van der Waals surface area contributed by atoms with Crippen LogP contribution in [-0.2, 0) is 16.0 Å².